The van der Waals surface area contributed by atoms with Crippen molar-refractivity contribution in [2.75, 3.05) is 11.9 Å². The monoisotopic (exact) mass is 366 g/mol. The summed E-state index contributed by atoms with van der Waals surface area (Å²) >= 11 is 3.41. The first-order chi connectivity index (χ1) is 10.6. The van der Waals surface area contributed by atoms with Crippen LogP contribution in [0.25, 0.3) is 11.0 Å². The minimum Gasteiger partial charge on any atom is -0.493 e. The molecule has 0 atom stereocenters. The lowest BCUT2D eigenvalue weighted by atomic mass is 10.1. The summed E-state index contributed by atoms with van der Waals surface area (Å²) < 4.78 is 10.9. The van der Waals surface area contributed by atoms with Gasteiger partial charge in [0.2, 0.25) is 0 Å². The van der Waals surface area contributed by atoms with Gasteiger partial charge in [-0.3, -0.25) is 4.79 Å². The van der Waals surface area contributed by atoms with Crippen LogP contribution >= 0.6 is 15.9 Å². The maximum Gasteiger partial charge on any atom is 0.347 e. The highest BCUT2D eigenvalue weighted by atomic mass is 79.9. The molecule has 2 rings (SSSR count). The smallest absolute Gasteiger partial charge is 0.347 e. The molecule has 0 aliphatic rings. The van der Waals surface area contributed by atoms with Crippen LogP contribution in [-0.2, 0) is 0 Å². The van der Waals surface area contributed by atoms with E-state index in [-0.39, 0.29) is 11.3 Å². The third kappa shape index (κ3) is 4.44. The van der Waals surface area contributed by atoms with Gasteiger partial charge in [0.25, 0.3) is 0 Å². The molecule has 0 saturated carbocycles. The molecule has 0 aliphatic carbocycles. The van der Waals surface area contributed by atoms with Gasteiger partial charge in [-0.15, -0.1) is 0 Å². The Balaban J connectivity index is 2.03. The molecule has 22 heavy (non-hydrogen) atoms. The maximum atomic E-state index is 11.7. The first-order valence-electron chi connectivity index (χ1n) is 7.39. The molecule has 1 aromatic carbocycles. The maximum absolute atomic E-state index is 11.7. The Labute approximate surface area is 137 Å². The van der Waals surface area contributed by atoms with Gasteiger partial charge >= 0.3 is 5.63 Å². The van der Waals surface area contributed by atoms with Crippen molar-refractivity contribution in [2.45, 2.75) is 32.6 Å². The molecule has 0 spiro atoms. The van der Waals surface area contributed by atoms with Gasteiger partial charge in [-0.1, -0.05) is 28.8 Å². The number of unbranched alkanes of at least 4 members (excludes halogenated alkanes) is 3. The Hall–Kier alpha value is -1.62. The SMILES string of the molecule is CC(=O)c1cc2ccc(OCCCCCCBr)cc2oc1=O. The zero-order chi connectivity index (χ0) is 15.9. The summed E-state index contributed by atoms with van der Waals surface area (Å²) in [5.74, 6) is 0.381. The fraction of sp³-hybridized carbons (Fsp3) is 0.412. The second-order valence-corrected chi connectivity index (χ2v) is 5.95. The highest BCUT2D eigenvalue weighted by Crippen LogP contribution is 2.21. The lowest BCUT2D eigenvalue weighted by Crippen LogP contribution is -2.11. The van der Waals surface area contributed by atoms with Crippen LogP contribution < -0.4 is 10.4 Å². The molecule has 5 heteroatoms. The van der Waals surface area contributed by atoms with Crippen molar-refractivity contribution in [3.05, 3.63) is 40.2 Å². The summed E-state index contributed by atoms with van der Waals surface area (Å²) in [6.45, 7) is 1.99. The quantitative estimate of drug-likeness (QED) is 0.302. The second-order valence-electron chi connectivity index (χ2n) is 5.16. The number of fused-ring (bicyclic) bond motifs is 1. The van der Waals surface area contributed by atoms with Crippen molar-refractivity contribution in [1.29, 1.82) is 0 Å². The van der Waals surface area contributed by atoms with Crippen molar-refractivity contribution in [2.24, 2.45) is 0 Å². The van der Waals surface area contributed by atoms with E-state index in [1.807, 2.05) is 6.07 Å². The number of halogens is 1. The van der Waals surface area contributed by atoms with E-state index >= 15 is 0 Å². The Morgan fingerprint density at radius 1 is 1.18 bits per heavy atom. The predicted octanol–water partition coefficient (Wildman–Crippen LogP) is 4.33. The fourth-order valence-electron chi connectivity index (χ4n) is 2.17. The number of rotatable bonds is 8. The van der Waals surface area contributed by atoms with Gasteiger partial charge in [-0.25, -0.2) is 4.79 Å². The van der Waals surface area contributed by atoms with Gasteiger partial charge in [0.15, 0.2) is 5.78 Å². The van der Waals surface area contributed by atoms with E-state index in [0.717, 1.165) is 23.6 Å². The largest absolute Gasteiger partial charge is 0.493 e. The van der Waals surface area contributed by atoms with Crippen molar-refractivity contribution in [3.63, 3.8) is 0 Å². The molecule has 0 aliphatic heterocycles. The predicted molar refractivity (Wildman–Crippen MR) is 90.2 cm³/mol. The summed E-state index contributed by atoms with van der Waals surface area (Å²) in [6, 6.07) is 6.88. The molecular weight excluding hydrogens is 348 g/mol. The number of ether oxygens (including phenoxy) is 1. The number of Topliss-reactive ketones (excluding diaryl/α,β-unsaturated/α-hetero) is 1. The minimum atomic E-state index is -0.605. The molecule has 1 aromatic heterocycles. The van der Waals surface area contributed by atoms with E-state index < -0.39 is 5.63 Å². The molecule has 0 unspecified atom stereocenters. The van der Waals surface area contributed by atoms with Crippen LogP contribution in [0.15, 0.2) is 33.5 Å². The molecule has 0 saturated heterocycles. The van der Waals surface area contributed by atoms with E-state index in [9.17, 15) is 9.59 Å². The zero-order valence-corrected chi connectivity index (χ0v) is 14.1. The lowest BCUT2D eigenvalue weighted by molar-refractivity contribution is 0.101. The minimum absolute atomic E-state index is 0.0768. The average Bonchev–Trinajstić information content (AvgIpc) is 2.49. The summed E-state index contributed by atoms with van der Waals surface area (Å²) in [7, 11) is 0. The highest BCUT2D eigenvalue weighted by molar-refractivity contribution is 9.09. The Morgan fingerprint density at radius 3 is 2.68 bits per heavy atom. The average molecular weight is 367 g/mol. The molecule has 4 nitrogen and oxygen atoms in total. The first kappa shape index (κ1) is 16.7. The number of ketones is 1. The Bertz CT molecular complexity index is 705. The lowest BCUT2D eigenvalue weighted by Gasteiger charge is -2.07. The van der Waals surface area contributed by atoms with Crippen molar-refractivity contribution in [1.82, 2.24) is 0 Å². The van der Waals surface area contributed by atoms with Gasteiger partial charge < -0.3 is 9.15 Å². The van der Waals surface area contributed by atoms with E-state index in [4.69, 9.17) is 9.15 Å². The number of alkyl halides is 1. The molecule has 2 aromatic rings. The third-order valence-corrected chi connectivity index (χ3v) is 3.94. The molecular formula is C17H19BrO4. The van der Waals surface area contributed by atoms with Crippen LogP contribution in [0.4, 0.5) is 0 Å². The second kappa shape index (κ2) is 8.13. The van der Waals surface area contributed by atoms with Crippen LogP contribution in [0.2, 0.25) is 0 Å². The highest BCUT2D eigenvalue weighted by Gasteiger charge is 2.10. The molecule has 118 valence electrons. The van der Waals surface area contributed by atoms with E-state index in [1.165, 1.54) is 19.8 Å². The number of carbonyl (C=O) groups excluding carboxylic acids is 1. The number of benzene rings is 1. The molecule has 1 heterocycles. The fourth-order valence-corrected chi connectivity index (χ4v) is 2.56. The van der Waals surface area contributed by atoms with Crippen LogP contribution in [0.1, 0.15) is 43.0 Å². The molecule has 0 fully saturated rings. The molecule has 0 amide bonds. The van der Waals surface area contributed by atoms with Crippen LogP contribution in [-0.4, -0.2) is 17.7 Å². The van der Waals surface area contributed by atoms with Crippen molar-refractivity contribution in [3.8, 4) is 5.75 Å². The third-order valence-electron chi connectivity index (χ3n) is 3.38. The summed E-state index contributed by atoms with van der Waals surface area (Å²) in [6.07, 6.45) is 4.50. The van der Waals surface area contributed by atoms with Gasteiger partial charge in [-0.05, 0) is 38.0 Å². The Morgan fingerprint density at radius 2 is 1.95 bits per heavy atom. The van der Waals surface area contributed by atoms with Crippen LogP contribution in [0.3, 0.4) is 0 Å². The molecule has 0 N–H and O–H groups in total. The standard InChI is InChI=1S/C17H19BrO4/c1-12(19)15-10-13-6-7-14(11-16(13)22-17(15)20)21-9-5-3-2-4-8-18/h6-7,10-11H,2-5,8-9H2,1H3. The number of carbonyl (C=O) groups is 1. The van der Waals surface area contributed by atoms with Crippen molar-refractivity contribution < 1.29 is 13.9 Å². The van der Waals surface area contributed by atoms with Crippen molar-refractivity contribution >= 4 is 32.7 Å². The zero-order valence-electron chi connectivity index (χ0n) is 12.6. The van der Waals surface area contributed by atoms with Crippen LogP contribution in [0.5, 0.6) is 5.75 Å². The summed E-state index contributed by atoms with van der Waals surface area (Å²) in [4.78, 5) is 23.1. The van der Waals surface area contributed by atoms with E-state index in [0.29, 0.717) is 17.9 Å². The first-order valence-corrected chi connectivity index (χ1v) is 8.51. The van der Waals surface area contributed by atoms with Crippen LogP contribution in [0, 0.1) is 0 Å². The van der Waals surface area contributed by atoms with Gasteiger partial charge in [0, 0.05) is 16.8 Å². The molecule has 0 bridgehead atoms. The topological polar surface area (TPSA) is 56.5 Å². The van der Waals surface area contributed by atoms with Gasteiger partial charge in [0.05, 0.1) is 6.61 Å². The summed E-state index contributed by atoms with van der Waals surface area (Å²) in [5, 5.41) is 1.76. The summed E-state index contributed by atoms with van der Waals surface area (Å²) in [5.41, 5.74) is -0.0910. The van der Waals surface area contributed by atoms with E-state index in [1.54, 1.807) is 18.2 Å². The normalized spacial score (nSPS) is 10.8. The molecule has 0 radical (unpaired) electrons. The number of hydrogen-bond acceptors (Lipinski definition) is 4. The number of hydrogen-bond donors (Lipinski definition) is 0. The van der Waals surface area contributed by atoms with Gasteiger partial charge in [-0.2, -0.15) is 0 Å². The Kier molecular flexibility index (Phi) is 6.19. The van der Waals surface area contributed by atoms with Gasteiger partial charge in [0.1, 0.15) is 16.9 Å². The van der Waals surface area contributed by atoms with E-state index in [2.05, 4.69) is 15.9 Å².